The molecule has 0 radical (unpaired) electrons. The van der Waals surface area contributed by atoms with Gasteiger partial charge in [0.2, 0.25) is 10.0 Å². The van der Waals surface area contributed by atoms with E-state index in [-0.39, 0.29) is 24.6 Å². The number of methoxy groups -OCH3 is 1. The summed E-state index contributed by atoms with van der Waals surface area (Å²) in [5, 5.41) is 4.98. The summed E-state index contributed by atoms with van der Waals surface area (Å²) in [6.07, 6.45) is 4.87. The van der Waals surface area contributed by atoms with Crippen LogP contribution in [-0.2, 0) is 30.9 Å². The number of benzene rings is 1. The molecule has 1 atom stereocenters. The highest BCUT2D eigenvalue weighted by Crippen LogP contribution is 2.26. The van der Waals surface area contributed by atoms with Crippen molar-refractivity contribution < 1.29 is 27.5 Å². The lowest BCUT2D eigenvalue weighted by Gasteiger charge is -2.23. The second-order valence-electron chi connectivity index (χ2n) is 7.19. The van der Waals surface area contributed by atoms with Gasteiger partial charge in [0, 0.05) is 32.0 Å². The maximum Gasteiger partial charge on any atom is 0.309 e. The molecule has 0 saturated carbocycles. The number of amides is 2. The number of carbonyl (C=O) groups is 2. The summed E-state index contributed by atoms with van der Waals surface area (Å²) in [4.78, 5) is 28.1. The van der Waals surface area contributed by atoms with Crippen LogP contribution in [0.4, 0.5) is 0 Å². The van der Waals surface area contributed by atoms with E-state index in [4.69, 9.17) is 9.47 Å². The van der Waals surface area contributed by atoms with Crippen molar-refractivity contribution in [1.82, 2.24) is 24.5 Å². The Kier molecular flexibility index (Phi) is 7.83. The fraction of sp³-hybridized carbons (Fsp3) is 0.450. The summed E-state index contributed by atoms with van der Waals surface area (Å²) >= 11 is 0. The van der Waals surface area contributed by atoms with E-state index in [0.717, 1.165) is 0 Å². The number of ether oxygens (including phenoxy) is 2. The molecule has 2 aromatic rings. The molecule has 1 fully saturated rings. The molecule has 174 valence electrons. The lowest BCUT2D eigenvalue weighted by atomic mass is 10.2. The number of nitrogens with zero attached hydrogens (tertiary/aromatic N) is 3. The molecule has 1 aliphatic rings. The molecule has 32 heavy (non-hydrogen) atoms. The van der Waals surface area contributed by atoms with E-state index in [0.29, 0.717) is 30.8 Å². The predicted octanol–water partition coefficient (Wildman–Crippen LogP) is -0.130. The molecular formula is C20H27N5O6S. The van der Waals surface area contributed by atoms with E-state index in [9.17, 15) is 18.0 Å². The van der Waals surface area contributed by atoms with Crippen LogP contribution in [0.25, 0.3) is 0 Å². The highest BCUT2D eigenvalue weighted by atomic mass is 32.2. The Balaban J connectivity index is 1.51. The molecule has 1 unspecified atom stereocenters. The Hall–Kier alpha value is -2.96. The van der Waals surface area contributed by atoms with Crippen molar-refractivity contribution in [2.75, 3.05) is 33.4 Å². The summed E-state index contributed by atoms with van der Waals surface area (Å²) in [5.41, 5.74) is 0.684. The maximum absolute atomic E-state index is 13.1. The van der Waals surface area contributed by atoms with E-state index in [1.54, 1.807) is 25.5 Å². The van der Waals surface area contributed by atoms with Gasteiger partial charge in [-0.05, 0) is 37.1 Å². The van der Waals surface area contributed by atoms with Gasteiger partial charge in [-0.2, -0.15) is 4.31 Å². The predicted molar refractivity (Wildman–Crippen MR) is 114 cm³/mol. The second kappa shape index (κ2) is 10.6. The first-order valence-corrected chi connectivity index (χ1v) is 11.6. The Morgan fingerprint density at radius 1 is 1.28 bits per heavy atom. The summed E-state index contributed by atoms with van der Waals surface area (Å²) < 4.78 is 39.8. The Morgan fingerprint density at radius 2 is 2.06 bits per heavy atom. The minimum absolute atomic E-state index is 0.105. The van der Waals surface area contributed by atoms with Crippen LogP contribution in [0.3, 0.4) is 0 Å². The Bertz CT molecular complexity index is 1040. The molecule has 1 aliphatic heterocycles. The quantitative estimate of drug-likeness (QED) is 0.389. The van der Waals surface area contributed by atoms with Gasteiger partial charge in [0.05, 0.1) is 31.5 Å². The third-order valence-corrected chi connectivity index (χ3v) is 6.88. The number of nitrogens with one attached hydrogen (secondary N) is 2. The first kappa shape index (κ1) is 23.7. The number of rotatable bonds is 9. The standard InChI is InChI=1S/C20H27N5O6S/c1-15-12-16(4-5-17(15)30-2)32(28,29)25-10-11-31-18(25)13-23-20(27)19(26)22-6-3-8-24-9-7-21-14-24/h4-5,7,9,12,14,18H,3,6,8,10-11,13H2,1-2H3,(H,22,26)(H,23,27). The van der Waals surface area contributed by atoms with Crippen molar-refractivity contribution in [2.45, 2.75) is 31.0 Å². The SMILES string of the molecule is COc1ccc(S(=O)(=O)N2CCOC2CNC(=O)C(=O)NCCCn2ccnc2)cc1C. The van der Waals surface area contributed by atoms with Gasteiger partial charge in [-0.3, -0.25) is 9.59 Å². The largest absolute Gasteiger partial charge is 0.496 e. The van der Waals surface area contributed by atoms with E-state index in [2.05, 4.69) is 15.6 Å². The number of imidazole rings is 1. The molecule has 1 aromatic heterocycles. The lowest BCUT2D eigenvalue weighted by Crippen LogP contribution is -2.47. The number of sulfonamides is 1. The monoisotopic (exact) mass is 465 g/mol. The van der Waals surface area contributed by atoms with Gasteiger partial charge < -0.3 is 24.7 Å². The van der Waals surface area contributed by atoms with Gasteiger partial charge in [0.15, 0.2) is 0 Å². The van der Waals surface area contributed by atoms with Gasteiger partial charge in [-0.1, -0.05) is 0 Å². The fourth-order valence-corrected chi connectivity index (χ4v) is 4.91. The van der Waals surface area contributed by atoms with Crippen LogP contribution in [-0.4, -0.2) is 73.7 Å². The van der Waals surface area contributed by atoms with E-state index in [1.807, 2.05) is 10.8 Å². The third-order valence-electron chi connectivity index (χ3n) is 5.00. The lowest BCUT2D eigenvalue weighted by molar-refractivity contribution is -0.139. The molecule has 0 bridgehead atoms. The molecule has 1 saturated heterocycles. The van der Waals surface area contributed by atoms with Gasteiger partial charge in [-0.15, -0.1) is 0 Å². The summed E-state index contributed by atoms with van der Waals surface area (Å²) in [7, 11) is -2.34. The molecule has 2 amide bonds. The number of hydrogen-bond donors (Lipinski definition) is 2. The molecule has 12 heteroatoms. The second-order valence-corrected chi connectivity index (χ2v) is 9.08. The van der Waals surface area contributed by atoms with Gasteiger partial charge in [-0.25, -0.2) is 13.4 Å². The zero-order valence-corrected chi connectivity index (χ0v) is 18.8. The number of carbonyl (C=O) groups excluding carboxylic acids is 2. The molecular weight excluding hydrogens is 438 g/mol. The van der Waals surface area contributed by atoms with Crippen LogP contribution in [0.1, 0.15) is 12.0 Å². The Labute approximate surface area is 186 Å². The fourth-order valence-electron chi connectivity index (χ4n) is 3.31. The first-order chi connectivity index (χ1) is 15.3. The van der Waals surface area contributed by atoms with E-state index < -0.39 is 28.1 Å². The number of aromatic nitrogens is 2. The average molecular weight is 466 g/mol. The minimum atomic E-state index is -3.85. The normalized spacial score (nSPS) is 16.6. The molecule has 1 aromatic carbocycles. The van der Waals surface area contributed by atoms with Crippen LogP contribution in [0.2, 0.25) is 0 Å². The van der Waals surface area contributed by atoms with Gasteiger partial charge in [0.25, 0.3) is 0 Å². The Morgan fingerprint density at radius 3 is 2.75 bits per heavy atom. The maximum atomic E-state index is 13.1. The number of aryl methyl sites for hydroxylation is 2. The molecule has 2 N–H and O–H groups in total. The average Bonchev–Trinajstić information content (AvgIpc) is 3.47. The van der Waals surface area contributed by atoms with E-state index >= 15 is 0 Å². The molecule has 2 heterocycles. The number of hydrogen-bond acceptors (Lipinski definition) is 7. The van der Waals surface area contributed by atoms with Crippen molar-refractivity contribution in [1.29, 1.82) is 0 Å². The topological polar surface area (TPSA) is 132 Å². The van der Waals surface area contributed by atoms with Crippen LogP contribution < -0.4 is 15.4 Å². The van der Waals surface area contributed by atoms with Crippen LogP contribution >= 0.6 is 0 Å². The van der Waals surface area contributed by atoms with E-state index in [1.165, 1.54) is 23.5 Å². The first-order valence-electron chi connectivity index (χ1n) is 10.1. The summed E-state index contributed by atoms with van der Waals surface area (Å²) in [6, 6.07) is 4.58. The van der Waals surface area contributed by atoms with Crippen molar-refractivity contribution in [2.24, 2.45) is 0 Å². The highest BCUT2D eigenvalue weighted by Gasteiger charge is 2.37. The van der Waals surface area contributed by atoms with Crippen molar-refractivity contribution in [3.63, 3.8) is 0 Å². The summed E-state index contributed by atoms with van der Waals surface area (Å²) in [5.74, 6) is -1.05. The highest BCUT2D eigenvalue weighted by molar-refractivity contribution is 7.89. The molecule has 3 rings (SSSR count). The van der Waals surface area contributed by atoms with Crippen LogP contribution in [0.15, 0.2) is 41.8 Å². The molecule has 0 aliphatic carbocycles. The summed E-state index contributed by atoms with van der Waals surface area (Å²) in [6.45, 7) is 2.93. The minimum Gasteiger partial charge on any atom is -0.496 e. The molecule has 0 spiro atoms. The van der Waals surface area contributed by atoms with Gasteiger partial charge >= 0.3 is 11.8 Å². The van der Waals surface area contributed by atoms with Crippen molar-refractivity contribution >= 4 is 21.8 Å². The zero-order valence-electron chi connectivity index (χ0n) is 18.0. The zero-order chi connectivity index (χ0) is 23.1. The van der Waals surface area contributed by atoms with Crippen LogP contribution in [0.5, 0.6) is 5.75 Å². The smallest absolute Gasteiger partial charge is 0.309 e. The molecule has 11 nitrogen and oxygen atoms in total. The van der Waals surface area contributed by atoms with Crippen molar-refractivity contribution in [3.8, 4) is 5.75 Å². The van der Waals surface area contributed by atoms with Gasteiger partial charge in [0.1, 0.15) is 12.0 Å². The van der Waals surface area contributed by atoms with Crippen molar-refractivity contribution in [3.05, 3.63) is 42.5 Å². The third kappa shape index (κ3) is 5.64. The van der Waals surface area contributed by atoms with Crippen LogP contribution in [0, 0.1) is 6.92 Å².